The standard InChI is InChI=1S/C16H22BrNO/c1-5-6-11-16(3,4)15(18-19)12(2)13-7-9-14(17)10-8-13/h7-10H,5-6,11H2,1-4H3/b15-12-. The smallest absolute Gasteiger partial charge is 0.0940 e. The zero-order chi connectivity index (χ0) is 14.5. The van der Waals surface area contributed by atoms with E-state index in [0.29, 0.717) is 5.70 Å². The van der Waals surface area contributed by atoms with Gasteiger partial charge in [-0.3, -0.25) is 0 Å². The lowest BCUT2D eigenvalue weighted by Gasteiger charge is -2.25. The number of halogens is 1. The van der Waals surface area contributed by atoms with Crippen LogP contribution in [0.4, 0.5) is 0 Å². The molecule has 0 unspecified atom stereocenters. The first-order chi connectivity index (χ1) is 8.92. The van der Waals surface area contributed by atoms with Gasteiger partial charge in [-0.05, 0) is 41.8 Å². The fourth-order valence-electron chi connectivity index (χ4n) is 2.27. The minimum atomic E-state index is -0.172. The van der Waals surface area contributed by atoms with Crippen LogP contribution in [-0.4, -0.2) is 0 Å². The van der Waals surface area contributed by atoms with Gasteiger partial charge in [0, 0.05) is 9.89 Å². The molecule has 0 aliphatic rings. The normalized spacial score (nSPS) is 13.1. The number of hydrogen-bond donors (Lipinski definition) is 0. The molecule has 2 nitrogen and oxygen atoms in total. The number of rotatable bonds is 6. The lowest BCUT2D eigenvalue weighted by molar-refractivity contribution is 0.389. The van der Waals surface area contributed by atoms with Gasteiger partial charge >= 0.3 is 0 Å². The predicted octanol–water partition coefficient (Wildman–Crippen LogP) is 6.16. The molecule has 0 saturated carbocycles. The number of unbranched alkanes of at least 4 members (excludes halogenated alkanes) is 1. The van der Waals surface area contributed by atoms with Crippen molar-refractivity contribution >= 4 is 21.5 Å². The van der Waals surface area contributed by atoms with Gasteiger partial charge in [-0.15, -0.1) is 4.91 Å². The summed E-state index contributed by atoms with van der Waals surface area (Å²) in [6.45, 7) is 8.34. The molecule has 0 aromatic heterocycles. The molecule has 1 rings (SSSR count). The van der Waals surface area contributed by atoms with E-state index in [1.807, 2.05) is 31.2 Å². The van der Waals surface area contributed by atoms with Crippen molar-refractivity contribution in [2.24, 2.45) is 10.6 Å². The average Bonchev–Trinajstić information content (AvgIpc) is 2.37. The molecule has 0 aliphatic heterocycles. The summed E-state index contributed by atoms with van der Waals surface area (Å²) in [5, 5.41) is 3.33. The fourth-order valence-corrected chi connectivity index (χ4v) is 2.54. The van der Waals surface area contributed by atoms with Gasteiger partial charge in [0.1, 0.15) is 0 Å². The number of nitrogens with zero attached hydrogens (tertiary/aromatic N) is 1. The highest BCUT2D eigenvalue weighted by molar-refractivity contribution is 9.10. The minimum absolute atomic E-state index is 0.172. The molecule has 0 saturated heterocycles. The van der Waals surface area contributed by atoms with E-state index in [1.165, 1.54) is 0 Å². The van der Waals surface area contributed by atoms with E-state index < -0.39 is 0 Å². The summed E-state index contributed by atoms with van der Waals surface area (Å²) in [7, 11) is 0. The van der Waals surface area contributed by atoms with Crippen molar-refractivity contribution in [1.82, 2.24) is 0 Å². The molecule has 0 radical (unpaired) electrons. The lowest BCUT2D eigenvalue weighted by Crippen LogP contribution is -2.14. The van der Waals surface area contributed by atoms with E-state index in [4.69, 9.17) is 0 Å². The number of allylic oxidation sites excluding steroid dienone is 2. The largest absolute Gasteiger partial charge is 0.145 e. The molecule has 0 amide bonds. The Morgan fingerprint density at radius 3 is 2.32 bits per heavy atom. The highest BCUT2D eigenvalue weighted by atomic mass is 79.9. The summed E-state index contributed by atoms with van der Waals surface area (Å²) in [5.74, 6) is 0. The average molecular weight is 324 g/mol. The molecule has 0 bridgehead atoms. The summed E-state index contributed by atoms with van der Waals surface area (Å²) in [6, 6.07) is 8.00. The summed E-state index contributed by atoms with van der Waals surface area (Å²) in [5.41, 5.74) is 2.53. The van der Waals surface area contributed by atoms with Crippen molar-refractivity contribution in [3.63, 3.8) is 0 Å². The third-order valence-corrected chi connectivity index (χ3v) is 4.05. The Kier molecular flexibility index (Phi) is 5.92. The van der Waals surface area contributed by atoms with Crippen molar-refractivity contribution in [2.45, 2.75) is 47.0 Å². The van der Waals surface area contributed by atoms with Crippen LogP contribution in [0.25, 0.3) is 5.57 Å². The van der Waals surface area contributed by atoms with Crippen LogP contribution in [0.5, 0.6) is 0 Å². The van der Waals surface area contributed by atoms with Crippen LogP contribution in [-0.2, 0) is 0 Å². The Labute approximate surface area is 124 Å². The maximum absolute atomic E-state index is 11.3. The van der Waals surface area contributed by atoms with Gasteiger partial charge in [-0.2, -0.15) is 0 Å². The second-order valence-electron chi connectivity index (χ2n) is 5.56. The summed E-state index contributed by atoms with van der Waals surface area (Å²) >= 11 is 3.42. The van der Waals surface area contributed by atoms with Crippen LogP contribution < -0.4 is 0 Å². The summed E-state index contributed by atoms with van der Waals surface area (Å²) in [6.07, 6.45) is 3.23. The first-order valence-corrected chi connectivity index (χ1v) is 7.52. The van der Waals surface area contributed by atoms with Crippen LogP contribution in [0.15, 0.2) is 39.6 Å². The maximum atomic E-state index is 11.3. The Balaban J connectivity index is 3.14. The molecule has 0 spiro atoms. The van der Waals surface area contributed by atoms with Crippen molar-refractivity contribution < 1.29 is 0 Å². The first-order valence-electron chi connectivity index (χ1n) is 6.73. The quantitative estimate of drug-likeness (QED) is 0.576. The third-order valence-electron chi connectivity index (χ3n) is 3.52. The highest BCUT2D eigenvalue weighted by Crippen LogP contribution is 2.37. The first kappa shape index (κ1) is 16.1. The molecule has 1 aromatic rings. The molecular weight excluding hydrogens is 302 g/mol. The number of benzene rings is 1. The molecule has 19 heavy (non-hydrogen) atoms. The molecule has 0 atom stereocenters. The van der Waals surface area contributed by atoms with E-state index in [2.05, 4.69) is 41.9 Å². The zero-order valence-corrected chi connectivity index (χ0v) is 13.8. The van der Waals surface area contributed by atoms with E-state index in [1.54, 1.807) is 0 Å². The summed E-state index contributed by atoms with van der Waals surface area (Å²) < 4.78 is 1.04. The van der Waals surface area contributed by atoms with Gasteiger partial charge < -0.3 is 0 Å². The van der Waals surface area contributed by atoms with Crippen LogP contribution >= 0.6 is 15.9 Å². The van der Waals surface area contributed by atoms with Crippen LogP contribution in [0, 0.1) is 10.3 Å². The molecule has 104 valence electrons. The predicted molar refractivity (Wildman–Crippen MR) is 85.8 cm³/mol. The van der Waals surface area contributed by atoms with Crippen molar-refractivity contribution in [1.29, 1.82) is 0 Å². The van der Waals surface area contributed by atoms with Gasteiger partial charge in [0.2, 0.25) is 0 Å². The van der Waals surface area contributed by atoms with Gasteiger partial charge in [0.15, 0.2) is 0 Å². The topological polar surface area (TPSA) is 29.4 Å². The second kappa shape index (κ2) is 6.99. The number of hydrogen-bond acceptors (Lipinski definition) is 2. The molecule has 0 N–H and O–H groups in total. The summed E-state index contributed by atoms with van der Waals surface area (Å²) in [4.78, 5) is 11.3. The van der Waals surface area contributed by atoms with Gasteiger partial charge in [0.25, 0.3) is 0 Å². The van der Waals surface area contributed by atoms with E-state index in [0.717, 1.165) is 34.9 Å². The Hall–Kier alpha value is -0.960. The Morgan fingerprint density at radius 2 is 1.84 bits per heavy atom. The molecule has 0 heterocycles. The molecule has 3 heteroatoms. The molecular formula is C16H22BrNO. The van der Waals surface area contributed by atoms with Gasteiger partial charge in [-0.1, -0.05) is 61.7 Å². The van der Waals surface area contributed by atoms with Crippen molar-refractivity contribution in [2.75, 3.05) is 0 Å². The van der Waals surface area contributed by atoms with E-state index in [9.17, 15) is 4.91 Å². The molecule has 1 aromatic carbocycles. The highest BCUT2D eigenvalue weighted by Gasteiger charge is 2.26. The molecule has 0 aliphatic carbocycles. The zero-order valence-electron chi connectivity index (χ0n) is 12.2. The van der Waals surface area contributed by atoms with Crippen LogP contribution in [0.3, 0.4) is 0 Å². The molecule has 0 fully saturated rings. The van der Waals surface area contributed by atoms with Crippen LogP contribution in [0.2, 0.25) is 0 Å². The van der Waals surface area contributed by atoms with E-state index >= 15 is 0 Å². The second-order valence-corrected chi connectivity index (χ2v) is 6.47. The monoisotopic (exact) mass is 323 g/mol. The SMILES string of the molecule is CCCCC(C)(C)/C(N=O)=C(\C)c1ccc(Br)cc1. The van der Waals surface area contributed by atoms with Crippen molar-refractivity contribution in [3.8, 4) is 0 Å². The third kappa shape index (κ3) is 4.27. The fraction of sp³-hybridized carbons (Fsp3) is 0.500. The van der Waals surface area contributed by atoms with E-state index in [-0.39, 0.29) is 5.41 Å². The number of nitroso groups, excluding NO2 is 1. The maximum Gasteiger partial charge on any atom is 0.0940 e. The van der Waals surface area contributed by atoms with Crippen LogP contribution in [0.1, 0.15) is 52.5 Å². The Morgan fingerprint density at radius 1 is 1.26 bits per heavy atom. The van der Waals surface area contributed by atoms with Gasteiger partial charge in [0.05, 0.1) is 5.70 Å². The lowest BCUT2D eigenvalue weighted by atomic mass is 9.81. The van der Waals surface area contributed by atoms with Gasteiger partial charge in [-0.25, -0.2) is 0 Å². The Bertz CT molecular complexity index is 460. The van der Waals surface area contributed by atoms with Crippen molar-refractivity contribution in [3.05, 3.63) is 44.9 Å². The minimum Gasteiger partial charge on any atom is -0.145 e.